The van der Waals surface area contributed by atoms with Crippen LogP contribution in [0.4, 0.5) is 0 Å². The molecular weight excluding hydrogens is 156 g/mol. The number of rotatable bonds is 2. The van der Waals surface area contributed by atoms with Crippen molar-refractivity contribution in [2.45, 2.75) is 25.2 Å². The summed E-state index contributed by atoms with van der Waals surface area (Å²) >= 11 is 1.79. The first kappa shape index (κ1) is 7.25. The summed E-state index contributed by atoms with van der Waals surface area (Å²) < 4.78 is 0. The molecule has 2 nitrogen and oxygen atoms in total. The molecule has 0 aromatic carbocycles. The van der Waals surface area contributed by atoms with Gasteiger partial charge in [0.1, 0.15) is 0 Å². The third kappa shape index (κ3) is 1.19. The van der Waals surface area contributed by atoms with Crippen molar-refractivity contribution in [1.29, 1.82) is 0 Å². The fourth-order valence-electron chi connectivity index (χ4n) is 1.72. The minimum atomic E-state index is 0.668. The van der Waals surface area contributed by atoms with E-state index in [0.29, 0.717) is 5.92 Å². The summed E-state index contributed by atoms with van der Waals surface area (Å²) in [6.07, 6.45) is 3.60. The lowest BCUT2D eigenvalue weighted by molar-refractivity contribution is 0.616. The van der Waals surface area contributed by atoms with Crippen LogP contribution in [0, 0.1) is 0 Å². The molecule has 3 heteroatoms. The molecule has 0 radical (unpaired) electrons. The molecule has 0 fully saturated rings. The highest BCUT2D eigenvalue weighted by Gasteiger charge is 2.23. The van der Waals surface area contributed by atoms with Gasteiger partial charge < -0.3 is 5.73 Å². The third-order valence-electron chi connectivity index (χ3n) is 2.29. The fourth-order valence-corrected chi connectivity index (χ4v) is 2.59. The van der Waals surface area contributed by atoms with Crippen molar-refractivity contribution in [2.75, 3.05) is 6.54 Å². The van der Waals surface area contributed by atoms with E-state index >= 15 is 0 Å². The Bertz CT molecular complexity index is 244. The Morgan fingerprint density at radius 1 is 1.73 bits per heavy atom. The highest BCUT2D eigenvalue weighted by Crippen LogP contribution is 2.35. The second-order valence-corrected chi connectivity index (χ2v) is 3.91. The van der Waals surface area contributed by atoms with E-state index in [2.05, 4.69) is 4.98 Å². The van der Waals surface area contributed by atoms with Gasteiger partial charge in [-0.15, -0.1) is 11.3 Å². The van der Waals surface area contributed by atoms with E-state index in [0.717, 1.165) is 13.0 Å². The standard InChI is InChI=1S/C8H12N2S/c9-4-3-6-1-2-7-8(6)10-5-11-7/h5-6H,1-4,9H2. The van der Waals surface area contributed by atoms with Gasteiger partial charge >= 0.3 is 0 Å². The van der Waals surface area contributed by atoms with Gasteiger partial charge in [-0.2, -0.15) is 0 Å². The van der Waals surface area contributed by atoms with Crippen LogP contribution in [-0.2, 0) is 6.42 Å². The van der Waals surface area contributed by atoms with Crippen molar-refractivity contribution >= 4 is 11.3 Å². The van der Waals surface area contributed by atoms with Crippen molar-refractivity contribution in [2.24, 2.45) is 5.73 Å². The number of aryl methyl sites for hydroxylation is 1. The summed E-state index contributed by atoms with van der Waals surface area (Å²) in [5.74, 6) is 0.668. The monoisotopic (exact) mass is 168 g/mol. The zero-order valence-corrected chi connectivity index (χ0v) is 7.23. The lowest BCUT2D eigenvalue weighted by atomic mass is 10.0. The minimum Gasteiger partial charge on any atom is -0.330 e. The molecule has 0 spiro atoms. The zero-order valence-electron chi connectivity index (χ0n) is 6.42. The lowest BCUT2D eigenvalue weighted by Gasteiger charge is -2.04. The predicted molar refractivity (Wildman–Crippen MR) is 46.8 cm³/mol. The maximum Gasteiger partial charge on any atom is 0.0797 e. The number of hydrogen-bond acceptors (Lipinski definition) is 3. The van der Waals surface area contributed by atoms with Crippen LogP contribution in [0.5, 0.6) is 0 Å². The molecule has 1 aromatic rings. The normalized spacial score (nSPS) is 22.1. The SMILES string of the molecule is NCCC1CCc2scnc21. The van der Waals surface area contributed by atoms with Gasteiger partial charge in [-0.1, -0.05) is 0 Å². The van der Waals surface area contributed by atoms with Crippen LogP contribution in [-0.4, -0.2) is 11.5 Å². The van der Waals surface area contributed by atoms with Crippen molar-refractivity contribution < 1.29 is 0 Å². The first-order valence-electron chi connectivity index (χ1n) is 4.04. The van der Waals surface area contributed by atoms with Crippen molar-refractivity contribution in [3.8, 4) is 0 Å². The number of nitrogens with zero attached hydrogens (tertiary/aromatic N) is 1. The molecule has 1 heterocycles. The highest BCUT2D eigenvalue weighted by atomic mass is 32.1. The summed E-state index contributed by atoms with van der Waals surface area (Å²) in [4.78, 5) is 5.85. The van der Waals surface area contributed by atoms with Crippen LogP contribution in [0.25, 0.3) is 0 Å². The van der Waals surface area contributed by atoms with E-state index in [1.807, 2.05) is 5.51 Å². The first-order chi connectivity index (χ1) is 5.42. The molecule has 0 aliphatic heterocycles. The smallest absolute Gasteiger partial charge is 0.0797 e. The summed E-state index contributed by atoms with van der Waals surface area (Å²) in [6.45, 7) is 0.793. The van der Waals surface area contributed by atoms with Gasteiger partial charge in [0.25, 0.3) is 0 Å². The molecule has 1 atom stereocenters. The molecule has 2 rings (SSSR count). The lowest BCUT2D eigenvalue weighted by Crippen LogP contribution is -2.05. The Morgan fingerprint density at radius 2 is 2.64 bits per heavy atom. The average Bonchev–Trinajstić information content (AvgIpc) is 2.53. The Kier molecular flexibility index (Phi) is 1.92. The van der Waals surface area contributed by atoms with Crippen LogP contribution in [0.1, 0.15) is 29.3 Å². The van der Waals surface area contributed by atoms with E-state index in [1.165, 1.54) is 23.4 Å². The summed E-state index contributed by atoms with van der Waals surface area (Å²) in [6, 6.07) is 0. The molecule has 0 bridgehead atoms. The summed E-state index contributed by atoms with van der Waals surface area (Å²) in [5.41, 5.74) is 8.80. The summed E-state index contributed by atoms with van der Waals surface area (Å²) in [5, 5.41) is 0. The molecule has 1 aliphatic rings. The van der Waals surface area contributed by atoms with Gasteiger partial charge in [-0.3, -0.25) is 0 Å². The molecule has 0 saturated carbocycles. The van der Waals surface area contributed by atoms with Gasteiger partial charge in [0.05, 0.1) is 11.2 Å². The van der Waals surface area contributed by atoms with Gasteiger partial charge in [0.15, 0.2) is 0 Å². The molecule has 60 valence electrons. The van der Waals surface area contributed by atoms with Gasteiger partial charge in [0, 0.05) is 10.8 Å². The molecule has 1 unspecified atom stereocenters. The highest BCUT2D eigenvalue weighted by molar-refractivity contribution is 7.09. The molecule has 0 saturated heterocycles. The second kappa shape index (κ2) is 2.91. The molecule has 11 heavy (non-hydrogen) atoms. The molecule has 2 N–H and O–H groups in total. The molecule has 1 aromatic heterocycles. The number of nitrogens with two attached hydrogens (primary N) is 1. The Morgan fingerprint density at radius 3 is 3.45 bits per heavy atom. The topological polar surface area (TPSA) is 38.9 Å². The largest absolute Gasteiger partial charge is 0.330 e. The van der Waals surface area contributed by atoms with E-state index in [4.69, 9.17) is 5.73 Å². The number of aromatic nitrogens is 1. The fraction of sp³-hybridized carbons (Fsp3) is 0.625. The predicted octanol–water partition coefficient (Wildman–Crippen LogP) is 1.52. The van der Waals surface area contributed by atoms with Gasteiger partial charge in [-0.25, -0.2) is 4.98 Å². The third-order valence-corrected chi connectivity index (χ3v) is 3.20. The average molecular weight is 168 g/mol. The molecular formula is C8H12N2S. The van der Waals surface area contributed by atoms with Crippen LogP contribution in [0.3, 0.4) is 0 Å². The van der Waals surface area contributed by atoms with E-state index in [9.17, 15) is 0 Å². The van der Waals surface area contributed by atoms with Crippen molar-refractivity contribution in [1.82, 2.24) is 4.98 Å². The number of thiazole rings is 1. The Hall–Kier alpha value is -0.410. The Labute approximate surface area is 70.5 Å². The maximum atomic E-state index is 5.51. The first-order valence-corrected chi connectivity index (χ1v) is 4.92. The summed E-state index contributed by atoms with van der Waals surface area (Å²) in [7, 11) is 0. The molecule has 1 aliphatic carbocycles. The number of hydrogen-bond donors (Lipinski definition) is 1. The van der Waals surface area contributed by atoms with E-state index < -0.39 is 0 Å². The zero-order chi connectivity index (χ0) is 7.68. The maximum absolute atomic E-state index is 5.51. The molecule has 0 amide bonds. The van der Waals surface area contributed by atoms with Gasteiger partial charge in [0.2, 0.25) is 0 Å². The second-order valence-electron chi connectivity index (χ2n) is 2.97. The van der Waals surface area contributed by atoms with E-state index in [1.54, 1.807) is 11.3 Å². The van der Waals surface area contributed by atoms with Crippen LogP contribution in [0.15, 0.2) is 5.51 Å². The van der Waals surface area contributed by atoms with E-state index in [-0.39, 0.29) is 0 Å². The number of fused-ring (bicyclic) bond motifs is 1. The minimum absolute atomic E-state index is 0.668. The van der Waals surface area contributed by atoms with Crippen LogP contribution in [0.2, 0.25) is 0 Å². The Balaban J connectivity index is 2.18. The van der Waals surface area contributed by atoms with Gasteiger partial charge in [-0.05, 0) is 25.8 Å². The van der Waals surface area contributed by atoms with Crippen LogP contribution < -0.4 is 5.73 Å². The quantitative estimate of drug-likeness (QED) is 0.727. The van der Waals surface area contributed by atoms with Crippen molar-refractivity contribution in [3.05, 3.63) is 16.1 Å². The van der Waals surface area contributed by atoms with Crippen molar-refractivity contribution in [3.63, 3.8) is 0 Å². The van der Waals surface area contributed by atoms with Crippen LogP contribution >= 0.6 is 11.3 Å².